The van der Waals surface area contributed by atoms with Crippen LogP contribution in [0.3, 0.4) is 0 Å². The van der Waals surface area contributed by atoms with Crippen molar-refractivity contribution in [2.45, 2.75) is 71.5 Å². The second-order valence-corrected chi connectivity index (χ2v) is 14.5. The molecule has 2 aliphatic rings. The van der Waals surface area contributed by atoms with Gasteiger partial charge in [0.25, 0.3) is 5.91 Å². The minimum atomic E-state index is -1.04. The summed E-state index contributed by atoms with van der Waals surface area (Å²) in [6, 6.07) is 13.2. The number of hydrogen-bond donors (Lipinski definition) is 3. The lowest BCUT2D eigenvalue weighted by molar-refractivity contribution is 0.0696. The number of nitrogens with zero attached hydrogens (tertiary/aromatic N) is 3. The molecule has 0 bridgehead atoms. The number of carbonyl (C=O) groups excluding carboxylic acids is 1. The van der Waals surface area contributed by atoms with Gasteiger partial charge in [-0.2, -0.15) is 0 Å². The molecule has 0 radical (unpaired) electrons. The van der Waals surface area contributed by atoms with Crippen LogP contribution in [0.4, 0.5) is 5.69 Å². The number of nitrogens with one attached hydrogen (secondary N) is 2. The normalized spacial score (nSPS) is 20.8. The molecule has 11 heteroatoms. The highest BCUT2D eigenvalue weighted by Gasteiger charge is 2.40. The Kier molecular flexibility index (Phi) is 8.68. The van der Waals surface area contributed by atoms with Crippen molar-refractivity contribution >= 4 is 62.6 Å². The highest BCUT2D eigenvalue weighted by atomic mass is 35.5. The van der Waals surface area contributed by atoms with E-state index in [4.69, 9.17) is 27.9 Å². The molecule has 5 aromatic rings. The van der Waals surface area contributed by atoms with Crippen LogP contribution in [-0.4, -0.2) is 51.4 Å². The van der Waals surface area contributed by atoms with Crippen molar-refractivity contribution in [3.8, 4) is 5.75 Å². The van der Waals surface area contributed by atoms with Crippen LogP contribution in [-0.2, 0) is 13.5 Å². The van der Waals surface area contributed by atoms with Gasteiger partial charge in [-0.05, 0) is 101 Å². The van der Waals surface area contributed by atoms with E-state index < -0.39 is 5.97 Å². The molecule has 256 valence electrons. The van der Waals surface area contributed by atoms with Gasteiger partial charge in [0.2, 0.25) is 0 Å². The molecular weight excluding hydrogens is 661 g/mol. The number of carboxylic acid groups (broad SMARTS) is 1. The average Bonchev–Trinajstić information content (AvgIpc) is 3.72. The van der Waals surface area contributed by atoms with E-state index in [0.29, 0.717) is 42.4 Å². The third-order valence-corrected chi connectivity index (χ3v) is 11.2. The van der Waals surface area contributed by atoms with Gasteiger partial charge in [0.05, 0.1) is 28.9 Å². The number of carboxylic acids is 1. The van der Waals surface area contributed by atoms with Crippen molar-refractivity contribution < 1.29 is 19.4 Å². The molecule has 3 N–H and O–H groups in total. The van der Waals surface area contributed by atoms with Crippen molar-refractivity contribution in [2.24, 2.45) is 7.05 Å². The van der Waals surface area contributed by atoms with Crippen LogP contribution in [0.15, 0.2) is 48.7 Å². The first kappa shape index (κ1) is 33.5. The van der Waals surface area contributed by atoms with E-state index in [1.54, 1.807) is 17.0 Å². The second kappa shape index (κ2) is 12.7. The quantitative estimate of drug-likeness (QED) is 0.142. The number of fused-ring (bicyclic) bond motifs is 4. The molecule has 9 nitrogen and oxygen atoms in total. The number of anilines is 1. The number of carbonyl (C=O) groups is 2. The van der Waals surface area contributed by atoms with Crippen LogP contribution in [0.2, 0.25) is 10.0 Å². The van der Waals surface area contributed by atoms with Crippen molar-refractivity contribution in [2.75, 3.05) is 18.1 Å². The van der Waals surface area contributed by atoms with Crippen LogP contribution in [0.25, 0.3) is 21.8 Å². The van der Waals surface area contributed by atoms with E-state index in [-0.39, 0.29) is 35.5 Å². The summed E-state index contributed by atoms with van der Waals surface area (Å²) in [4.78, 5) is 28.9. The maximum atomic E-state index is 14.9. The van der Waals surface area contributed by atoms with Gasteiger partial charge in [-0.3, -0.25) is 15.6 Å². The van der Waals surface area contributed by atoms with Gasteiger partial charge < -0.3 is 23.9 Å². The fourth-order valence-corrected chi connectivity index (χ4v) is 8.37. The largest absolute Gasteiger partial charge is 0.494 e. The van der Waals surface area contributed by atoms with Gasteiger partial charge in [-0.15, -0.1) is 0 Å². The highest BCUT2D eigenvalue weighted by Crippen LogP contribution is 2.45. The molecule has 1 fully saturated rings. The molecule has 0 saturated carbocycles. The van der Waals surface area contributed by atoms with E-state index >= 15 is 0 Å². The molecule has 1 amide bonds. The Hall–Kier alpha value is -4.02. The van der Waals surface area contributed by atoms with Crippen LogP contribution in [0.1, 0.15) is 82.3 Å². The Balaban J connectivity index is 1.36. The Bertz CT molecular complexity index is 2120. The Morgan fingerprint density at radius 1 is 1.00 bits per heavy atom. The summed E-state index contributed by atoms with van der Waals surface area (Å²) >= 11 is 13.5. The first-order valence-electron chi connectivity index (χ1n) is 16.8. The van der Waals surface area contributed by atoms with Crippen LogP contribution in [0, 0.1) is 13.8 Å². The first-order valence-corrected chi connectivity index (χ1v) is 17.5. The van der Waals surface area contributed by atoms with Gasteiger partial charge in [0.1, 0.15) is 11.4 Å². The third-order valence-electron chi connectivity index (χ3n) is 10.3. The zero-order chi connectivity index (χ0) is 34.9. The Labute approximate surface area is 295 Å². The minimum Gasteiger partial charge on any atom is -0.494 e. The van der Waals surface area contributed by atoms with Crippen LogP contribution >= 0.6 is 23.2 Å². The summed E-state index contributed by atoms with van der Waals surface area (Å²) in [5, 5.41) is 13.2. The summed E-state index contributed by atoms with van der Waals surface area (Å²) in [6.07, 6.45) is 3.16. The molecule has 49 heavy (non-hydrogen) atoms. The van der Waals surface area contributed by atoms with Gasteiger partial charge in [-0.25, -0.2) is 4.79 Å². The van der Waals surface area contributed by atoms with Gasteiger partial charge >= 0.3 is 5.97 Å². The first-order chi connectivity index (χ1) is 23.4. The van der Waals surface area contributed by atoms with E-state index in [0.717, 1.165) is 54.8 Å². The molecule has 4 heterocycles. The van der Waals surface area contributed by atoms with E-state index in [9.17, 15) is 14.7 Å². The number of aromatic carboxylic acids is 1. The lowest BCUT2D eigenvalue weighted by atomic mass is 9.87. The highest BCUT2D eigenvalue weighted by molar-refractivity contribution is 6.33. The molecule has 7 rings (SSSR count). The predicted octanol–water partition coefficient (Wildman–Crippen LogP) is 7.96. The number of benzene rings is 3. The predicted molar refractivity (Wildman–Crippen MR) is 196 cm³/mol. The number of hydrogen-bond acceptors (Lipinski definition) is 5. The summed E-state index contributed by atoms with van der Waals surface area (Å²) in [5.74, 6) is -0.362. The molecule has 3 atom stereocenters. The van der Waals surface area contributed by atoms with Crippen molar-refractivity contribution in [3.63, 3.8) is 0 Å². The molecule has 0 spiro atoms. The summed E-state index contributed by atoms with van der Waals surface area (Å²) in [6.45, 7) is 11.2. The Morgan fingerprint density at radius 2 is 1.69 bits per heavy atom. The smallest absolute Gasteiger partial charge is 0.335 e. The number of aromatic nitrogens is 2. The molecule has 3 aromatic carbocycles. The number of halogens is 2. The maximum Gasteiger partial charge on any atom is 0.335 e. The van der Waals surface area contributed by atoms with Crippen molar-refractivity contribution in [1.82, 2.24) is 20.0 Å². The van der Waals surface area contributed by atoms with Crippen LogP contribution in [0.5, 0.6) is 5.75 Å². The molecule has 0 aliphatic carbocycles. The molecule has 2 aromatic heterocycles. The SMILES string of the molecule is Cc1cc(OCCCc2c3n(c4c(C5C(C)NNC5C)c(Cl)ccc24)[C@H](C)CN(c2cc(C(=O)O)cc4c2ccn4C)C3=O)cc(C)c1Cl. The number of aryl methyl sites for hydroxylation is 4. The van der Waals surface area contributed by atoms with E-state index in [1.165, 1.54) is 0 Å². The fourth-order valence-electron chi connectivity index (χ4n) is 7.98. The topological polar surface area (TPSA) is 101 Å². The summed E-state index contributed by atoms with van der Waals surface area (Å²) in [5.41, 5.74) is 13.7. The maximum absolute atomic E-state index is 14.9. The molecule has 2 aliphatic heterocycles. The fraction of sp³-hybridized carbons (Fsp3) is 0.368. The monoisotopic (exact) mass is 701 g/mol. The third kappa shape index (κ3) is 5.57. The van der Waals surface area contributed by atoms with E-state index in [1.807, 2.05) is 62.0 Å². The summed E-state index contributed by atoms with van der Waals surface area (Å²) in [7, 11) is 1.88. The number of amides is 1. The van der Waals surface area contributed by atoms with Gasteiger partial charge in [-0.1, -0.05) is 29.3 Å². The lowest BCUT2D eigenvalue weighted by Crippen LogP contribution is -2.43. The average molecular weight is 703 g/mol. The van der Waals surface area contributed by atoms with Crippen LogP contribution < -0.4 is 20.5 Å². The van der Waals surface area contributed by atoms with E-state index in [2.05, 4.69) is 36.2 Å². The second-order valence-electron chi connectivity index (χ2n) is 13.7. The number of rotatable bonds is 8. The molecule has 2 unspecified atom stereocenters. The van der Waals surface area contributed by atoms with Crippen molar-refractivity contribution in [3.05, 3.63) is 92.2 Å². The standard InChI is InChI=1S/C38H41Cl2N5O4/c1-19-14-25(15-20(2)34(19)40)49-13-7-8-26-27-9-10-29(39)33(32-22(4)41-42-23(32)5)35(27)45-21(3)18-44(37(46)36(26)45)31-17-24(38(47)48)16-30-28(31)11-12-43(30)6/h9-12,14-17,21-23,32,41-42H,7-8,13,18H2,1-6H3,(H,47,48)/t21-,22?,23?,32?/m1/s1. The van der Waals surface area contributed by atoms with Gasteiger partial charge in [0.15, 0.2) is 0 Å². The summed E-state index contributed by atoms with van der Waals surface area (Å²) < 4.78 is 10.3. The number of ether oxygens (including phenoxy) is 1. The Morgan fingerprint density at radius 3 is 2.37 bits per heavy atom. The zero-order valence-electron chi connectivity index (χ0n) is 28.5. The minimum absolute atomic E-state index is 0.0688. The molecular formula is C38H41Cl2N5O4. The molecule has 1 saturated heterocycles. The van der Waals surface area contributed by atoms with Gasteiger partial charge in [0, 0.05) is 70.2 Å². The van der Waals surface area contributed by atoms with Crippen molar-refractivity contribution in [1.29, 1.82) is 0 Å². The number of hydrazine groups is 1. The zero-order valence-corrected chi connectivity index (χ0v) is 30.0. The lowest BCUT2D eigenvalue weighted by Gasteiger charge is -2.35.